The molecular weight excluding hydrogens is 240 g/mol. The lowest BCUT2D eigenvalue weighted by Gasteiger charge is -2.12. The monoisotopic (exact) mass is 256 g/mol. The molecule has 1 amide bonds. The molecule has 0 radical (unpaired) electrons. The topological polar surface area (TPSA) is 59.8 Å². The maximum absolute atomic E-state index is 12.0. The van der Waals surface area contributed by atoms with Crippen molar-refractivity contribution in [2.75, 3.05) is 0 Å². The third kappa shape index (κ3) is 2.65. The number of carbonyl (C=O) groups excluding carboxylic acids is 1. The Labute approximate surface area is 111 Å². The van der Waals surface area contributed by atoms with Crippen molar-refractivity contribution in [1.29, 1.82) is 0 Å². The van der Waals surface area contributed by atoms with Gasteiger partial charge in [0.05, 0.1) is 5.56 Å². The molecule has 1 atom stereocenters. The summed E-state index contributed by atoms with van der Waals surface area (Å²) in [6.07, 6.45) is 9.23. The van der Waals surface area contributed by atoms with Crippen molar-refractivity contribution in [1.82, 2.24) is 19.9 Å². The van der Waals surface area contributed by atoms with E-state index >= 15 is 0 Å². The van der Waals surface area contributed by atoms with E-state index in [0.29, 0.717) is 11.5 Å². The predicted molar refractivity (Wildman–Crippen MR) is 71.0 cm³/mol. The van der Waals surface area contributed by atoms with Crippen LogP contribution in [0, 0.1) is 5.92 Å². The summed E-state index contributed by atoms with van der Waals surface area (Å²) in [4.78, 5) is 20.3. The van der Waals surface area contributed by atoms with Crippen LogP contribution in [0.25, 0.3) is 5.82 Å². The fraction of sp³-hybridized carbons (Fsp3) is 0.357. The Balaban J connectivity index is 1.69. The molecule has 2 aromatic rings. The molecule has 1 fully saturated rings. The molecule has 0 aromatic carbocycles. The van der Waals surface area contributed by atoms with Gasteiger partial charge in [0.2, 0.25) is 0 Å². The number of hydrogen-bond donors (Lipinski definition) is 1. The van der Waals surface area contributed by atoms with E-state index in [1.807, 2.05) is 12.3 Å². The number of nitrogens with zero attached hydrogens (tertiary/aromatic N) is 3. The summed E-state index contributed by atoms with van der Waals surface area (Å²) in [6.45, 7) is 2.06. The molecule has 2 aromatic heterocycles. The lowest BCUT2D eigenvalue weighted by Crippen LogP contribution is -2.34. The van der Waals surface area contributed by atoms with Gasteiger partial charge in [-0.25, -0.2) is 9.97 Å². The lowest BCUT2D eigenvalue weighted by atomic mass is 10.2. The third-order valence-corrected chi connectivity index (χ3v) is 3.47. The summed E-state index contributed by atoms with van der Waals surface area (Å²) >= 11 is 0. The zero-order valence-electron chi connectivity index (χ0n) is 10.8. The van der Waals surface area contributed by atoms with Gasteiger partial charge < -0.3 is 5.32 Å². The molecular formula is C14H16N4O. The Kier molecular flexibility index (Phi) is 3.03. The highest BCUT2D eigenvalue weighted by atomic mass is 16.1. The predicted octanol–water partition coefficient (Wildman–Crippen LogP) is 1.80. The van der Waals surface area contributed by atoms with Crippen LogP contribution in [-0.4, -0.2) is 26.5 Å². The zero-order valence-corrected chi connectivity index (χ0v) is 10.8. The van der Waals surface area contributed by atoms with Crippen molar-refractivity contribution >= 4 is 5.91 Å². The molecule has 0 bridgehead atoms. The maximum atomic E-state index is 12.0. The fourth-order valence-electron chi connectivity index (χ4n) is 2.07. The SMILES string of the molecule is C[C@H](NC(=O)c1ccc(-n2ccnc2)nc1)C1CC1. The van der Waals surface area contributed by atoms with Crippen LogP contribution in [0.15, 0.2) is 37.1 Å². The highest BCUT2D eigenvalue weighted by Gasteiger charge is 2.29. The van der Waals surface area contributed by atoms with Gasteiger partial charge in [0.25, 0.3) is 5.91 Å². The number of pyridine rings is 1. The average molecular weight is 256 g/mol. The standard InChI is InChI=1S/C14H16N4O/c1-10(11-2-3-11)17-14(19)12-4-5-13(16-8-12)18-7-6-15-9-18/h4-11H,2-3H2,1H3,(H,17,19)/t10-/m0/s1. The molecule has 2 heterocycles. The molecule has 0 unspecified atom stereocenters. The van der Waals surface area contributed by atoms with Crippen molar-refractivity contribution < 1.29 is 4.79 Å². The van der Waals surface area contributed by atoms with Crippen LogP contribution in [0.1, 0.15) is 30.1 Å². The van der Waals surface area contributed by atoms with E-state index in [9.17, 15) is 4.79 Å². The largest absolute Gasteiger partial charge is 0.349 e. The van der Waals surface area contributed by atoms with Gasteiger partial charge >= 0.3 is 0 Å². The van der Waals surface area contributed by atoms with E-state index in [0.717, 1.165) is 5.82 Å². The third-order valence-electron chi connectivity index (χ3n) is 3.47. The number of nitrogens with one attached hydrogen (secondary N) is 1. The quantitative estimate of drug-likeness (QED) is 0.907. The van der Waals surface area contributed by atoms with Gasteiger partial charge in [0.15, 0.2) is 0 Å². The molecule has 5 heteroatoms. The lowest BCUT2D eigenvalue weighted by molar-refractivity contribution is 0.0935. The highest BCUT2D eigenvalue weighted by molar-refractivity contribution is 5.94. The minimum Gasteiger partial charge on any atom is -0.349 e. The van der Waals surface area contributed by atoms with Crippen LogP contribution in [0.3, 0.4) is 0 Å². The molecule has 1 aliphatic rings. The number of imidazole rings is 1. The number of amides is 1. The van der Waals surface area contributed by atoms with E-state index in [4.69, 9.17) is 0 Å². The van der Waals surface area contributed by atoms with Crippen LogP contribution < -0.4 is 5.32 Å². The molecule has 1 saturated carbocycles. The van der Waals surface area contributed by atoms with E-state index in [-0.39, 0.29) is 11.9 Å². The van der Waals surface area contributed by atoms with E-state index in [2.05, 4.69) is 22.2 Å². The smallest absolute Gasteiger partial charge is 0.253 e. The van der Waals surface area contributed by atoms with Crippen LogP contribution >= 0.6 is 0 Å². The van der Waals surface area contributed by atoms with Gasteiger partial charge in [-0.05, 0) is 37.8 Å². The van der Waals surface area contributed by atoms with Crippen LogP contribution in [0.4, 0.5) is 0 Å². The molecule has 1 N–H and O–H groups in total. The van der Waals surface area contributed by atoms with Crippen molar-refractivity contribution in [2.24, 2.45) is 5.92 Å². The van der Waals surface area contributed by atoms with Crippen LogP contribution in [-0.2, 0) is 0 Å². The molecule has 1 aliphatic carbocycles. The first-order valence-corrected chi connectivity index (χ1v) is 6.49. The van der Waals surface area contributed by atoms with Gasteiger partial charge in [-0.2, -0.15) is 0 Å². The van der Waals surface area contributed by atoms with Crippen LogP contribution in [0.2, 0.25) is 0 Å². The first-order valence-electron chi connectivity index (χ1n) is 6.49. The average Bonchev–Trinajstić information content (AvgIpc) is 3.14. The summed E-state index contributed by atoms with van der Waals surface area (Å²) in [5, 5.41) is 3.01. The molecule has 5 nitrogen and oxygen atoms in total. The van der Waals surface area contributed by atoms with Crippen molar-refractivity contribution in [3.05, 3.63) is 42.6 Å². The number of carbonyl (C=O) groups is 1. The maximum Gasteiger partial charge on any atom is 0.253 e. The Morgan fingerprint density at radius 2 is 2.32 bits per heavy atom. The normalized spacial score (nSPS) is 16.1. The first-order chi connectivity index (χ1) is 9.24. The summed E-state index contributed by atoms with van der Waals surface area (Å²) < 4.78 is 1.80. The molecule has 98 valence electrons. The van der Waals surface area contributed by atoms with E-state index in [1.54, 1.807) is 29.4 Å². The molecule has 0 aliphatic heterocycles. The second-order valence-electron chi connectivity index (χ2n) is 4.97. The van der Waals surface area contributed by atoms with Gasteiger partial charge in [-0.3, -0.25) is 9.36 Å². The fourth-order valence-corrected chi connectivity index (χ4v) is 2.07. The Bertz CT molecular complexity index is 558. The first kappa shape index (κ1) is 11.9. The Morgan fingerprint density at radius 3 is 2.89 bits per heavy atom. The summed E-state index contributed by atoms with van der Waals surface area (Å²) in [5.41, 5.74) is 0.594. The summed E-state index contributed by atoms with van der Waals surface area (Å²) in [7, 11) is 0. The Hall–Kier alpha value is -2.17. The number of rotatable bonds is 4. The Morgan fingerprint density at radius 1 is 1.47 bits per heavy atom. The molecule has 0 spiro atoms. The van der Waals surface area contributed by atoms with Crippen molar-refractivity contribution in [3.8, 4) is 5.82 Å². The summed E-state index contributed by atoms with van der Waals surface area (Å²) in [6, 6.07) is 3.86. The van der Waals surface area contributed by atoms with Gasteiger partial charge in [-0.15, -0.1) is 0 Å². The zero-order chi connectivity index (χ0) is 13.2. The van der Waals surface area contributed by atoms with Gasteiger partial charge in [0, 0.05) is 24.6 Å². The minimum absolute atomic E-state index is 0.0518. The second kappa shape index (κ2) is 4.84. The van der Waals surface area contributed by atoms with Crippen molar-refractivity contribution in [2.45, 2.75) is 25.8 Å². The van der Waals surface area contributed by atoms with Gasteiger partial charge in [-0.1, -0.05) is 0 Å². The van der Waals surface area contributed by atoms with E-state index < -0.39 is 0 Å². The number of aromatic nitrogens is 3. The molecule has 19 heavy (non-hydrogen) atoms. The van der Waals surface area contributed by atoms with E-state index in [1.165, 1.54) is 12.8 Å². The summed E-state index contributed by atoms with van der Waals surface area (Å²) in [5.74, 6) is 1.36. The minimum atomic E-state index is -0.0518. The second-order valence-corrected chi connectivity index (χ2v) is 4.97. The molecule has 3 rings (SSSR count). The highest BCUT2D eigenvalue weighted by Crippen LogP contribution is 2.32. The van der Waals surface area contributed by atoms with Crippen molar-refractivity contribution in [3.63, 3.8) is 0 Å². The number of hydrogen-bond acceptors (Lipinski definition) is 3. The van der Waals surface area contributed by atoms with Crippen LogP contribution in [0.5, 0.6) is 0 Å². The molecule has 0 saturated heterocycles. The van der Waals surface area contributed by atoms with Gasteiger partial charge in [0.1, 0.15) is 12.1 Å².